The molecule has 3 heterocycles. The minimum Gasteiger partial charge on any atom is -0.392 e. The largest absolute Gasteiger partial charge is 0.392 e. The molecule has 0 aliphatic carbocycles. The van der Waals surface area contributed by atoms with Crippen LogP contribution in [-0.4, -0.2) is 53.4 Å². The highest BCUT2D eigenvalue weighted by molar-refractivity contribution is 5.93. The lowest BCUT2D eigenvalue weighted by Gasteiger charge is -2.48. The number of rotatable bonds is 2. The first-order valence-electron chi connectivity index (χ1n) is 8.88. The number of carbonyl (C=O) groups excluding carboxylic acids is 1. The number of nitrogens with zero attached hydrogens (tertiary/aromatic N) is 2. The third-order valence-corrected chi connectivity index (χ3v) is 5.46. The van der Waals surface area contributed by atoms with Crippen molar-refractivity contribution in [3.05, 3.63) is 42.1 Å². The highest BCUT2D eigenvalue weighted by Crippen LogP contribution is 2.36. The molecule has 4 rings (SSSR count). The van der Waals surface area contributed by atoms with Gasteiger partial charge in [0.05, 0.1) is 6.10 Å². The summed E-state index contributed by atoms with van der Waals surface area (Å²) in [6.45, 7) is 2.85. The summed E-state index contributed by atoms with van der Waals surface area (Å²) in [5.41, 5.74) is 0.989. The van der Waals surface area contributed by atoms with E-state index in [0.717, 1.165) is 37.9 Å². The first-order valence-corrected chi connectivity index (χ1v) is 8.88. The van der Waals surface area contributed by atoms with Gasteiger partial charge in [-0.05, 0) is 25.8 Å². The molecule has 2 aliphatic heterocycles. The van der Waals surface area contributed by atoms with E-state index < -0.39 is 0 Å². The van der Waals surface area contributed by atoms with Crippen molar-refractivity contribution >= 4 is 5.91 Å². The Kier molecular flexibility index (Phi) is 4.31. The maximum atomic E-state index is 12.9. The van der Waals surface area contributed by atoms with Crippen LogP contribution < -0.4 is 5.32 Å². The summed E-state index contributed by atoms with van der Waals surface area (Å²) in [5, 5.41) is 17.8. The summed E-state index contributed by atoms with van der Waals surface area (Å²) in [6, 6.07) is 11.3. The van der Waals surface area contributed by atoms with Gasteiger partial charge in [-0.3, -0.25) is 4.79 Å². The van der Waals surface area contributed by atoms with E-state index in [1.165, 1.54) is 0 Å². The van der Waals surface area contributed by atoms with Crippen LogP contribution in [0.25, 0.3) is 11.3 Å². The molecule has 6 heteroatoms. The van der Waals surface area contributed by atoms with Crippen LogP contribution in [0.2, 0.25) is 0 Å². The second-order valence-electron chi connectivity index (χ2n) is 7.12. The average Bonchev–Trinajstić information content (AvgIpc) is 3.15. The van der Waals surface area contributed by atoms with Gasteiger partial charge in [-0.15, -0.1) is 0 Å². The van der Waals surface area contributed by atoms with E-state index in [1.807, 2.05) is 35.2 Å². The number of piperidine rings is 2. The molecule has 25 heavy (non-hydrogen) atoms. The number of hydrogen-bond donors (Lipinski definition) is 2. The summed E-state index contributed by atoms with van der Waals surface area (Å²) >= 11 is 0. The van der Waals surface area contributed by atoms with Gasteiger partial charge in [-0.2, -0.15) is 0 Å². The molecule has 1 amide bonds. The zero-order valence-corrected chi connectivity index (χ0v) is 14.1. The molecule has 2 aromatic rings. The van der Waals surface area contributed by atoms with Crippen LogP contribution in [0.5, 0.6) is 0 Å². The van der Waals surface area contributed by atoms with Crippen molar-refractivity contribution in [3.63, 3.8) is 0 Å². The first kappa shape index (κ1) is 16.3. The maximum Gasteiger partial charge on any atom is 0.276 e. The molecule has 1 spiro atoms. The smallest absolute Gasteiger partial charge is 0.276 e. The number of hydrogen-bond acceptors (Lipinski definition) is 5. The van der Waals surface area contributed by atoms with E-state index in [1.54, 1.807) is 6.07 Å². The fraction of sp³-hybridized carbons (Fsp3) is 0.474. The van der Waals surface area contributed by atoms with Crippen LogP contribution in [0.3, 0.4) is 0 Å². The van der Waals surface area contributed by atoms with Crippen molar-refractivity contribution in [2.45, 2.75) is 25.4 Å². The third-order valence-electron chi connectivity index (χ3n) is 5.46. The topological polar surface area (TPSA) is 78.6 Å². The third kappa shape index (κ3) is 3.07. The van der Waals surface area contributed by atoms with Crippen molar-refractivity contribution in [3.8, 4) is 11.3 Å². The number of nitrogens with one attached hydrogen (secondary N) is 1. The molecule has 1 aromatic carbocycles. The lowest BCUT2D eigenvalue weighted by Crippen LogP contribution is -2.58. The van der Waals surface area contributed by atoms with Crippen LogP contribution >= 0.6 is 0 Å². The van der Waals surface area contributed by atoms with Crippen molar-refractivity contribution in [2.75, 3.05) is 26.2 Å². The molecule has 0 bridgehead atoms. The van der Waals surface area contributed by atoms with Crippen molar-refractivity contribution < 1.29 is 14.4 Å². The van der Waals surface area contributed by atoms with Crippen LogP contribution in [0.15, 0.2) is 40.9 Å². The Bertz CT molecular complexity index is 741. The van der Waals surface area contributed by atoms with E-state index in [4.69, 9.17) is 4.52 Å². The number of aliphatic hydroxyl groups excluding tert-OH is 1. The highest BCUT2D eigenvalue weighted by atomic mass is 16.5. The van der Waals surface area contributed by atoms with Gasteiger partial charge in [0, 0.05) is 36.7 Å². The second kappa shape index (κ2) is 6.61. The number of aromatic nitrogens is 1. The number of carbonyl (C=O) groups is 1. The quantitative estimate of drug-likeness (QED) is 0.872. The number of amides is 1. The molecule has 2 atom stereocenters. The Hall–Kier alpha value is -2.18. The van der Waals surface area contributed by atoms with Gasteiger partial charge in [0.15, 0.2) is 11.5 Å². The summed E-state index contributed by atoms with van der Waals surface area (Å²) in [5.74, 6) is 0.470. The molecule has 2 saturated heterocycles. The fourth-order valence-corrected chi connectivity index (χ4v) is 4.03. The van der Waals surface area contributed by atoms with Gasteiger partial charge >= 0.3 is 0 Å². The number of aliphatic hydroxyl groups is 1. The first-order chi connectivity index (χ1) is 12.2. The molecular weight excluding hydrogens is 318 g/mol. The van der Waals surface area contributed by atoms with E-state index in [0.29, 0.717) is 24.5 Å². The van der Waals surface area contributed by atoms with E-state index in [-0.39, 0.29) is 17.4 Å². The molecule has 6 nitrogen and oxygen atoms in total. The van der Waals surface area contributed by atoms with Crippen LogP contribution in [0, 0.1) is 5.41 Å². The monoisotopic (exact) mass is 341 g/mol. The van der Waals surface area contributed by atoms with Gasteiger partial charge in [0.2, 0.25) is 0 Å². The fourth-order valence-electron chi connectivity index (χ4n) is 4.03. The molecular formula is C19H23N3O3. The van der Waals surface area contributed by atoms with Gasteiger partial charge in [0.1, 0.15) is 0 Å². The van der Waals surface area contributed by atoms with Crippen molar-refractivity contribution in [2.24, 2.45) is 5.41 Å². The van der Waals surface area contributed by atoms with Crippen LogP contribution in [0.4, 0.5) is 0 Å². The molecule has 0 unspecified atom stereocenters. The summed E-state index contributed by atoms with van der Waals surface area (Å²) in [6.07, 6.45) is 2.22. The summed E-state index contributed by atoms with van der Waals surface area (Å²) in [7, 11) is 0. The summed E-state index contributed by atoms with van der Waals surface area (Å²) in [4.78, 5) is 14.7. The van der Waals surface area contributed by atoms with E-state index >= 15 is 0 Å². The van der Waals surface area contributed by atoms with Gasteiger partial charge < -0.3 is 19.8 Å². The Balaban J connectivity index is 1.52. The minimum atomic E-state index is -0.360. The van der Waals surface area contributed by atoms with Crippen molar-refractivity contribution in [1.82, 2.24) is 15.4 Å². The average molecular weight is 341 g/mol. The van der Waals surface area contributed by atoms with Crippen LogP contribution in [0.1, 0.15) is 29.8 Å². The lowest BCUT2D eigenvalue weighted by atomic mass is 9.72. The minimum absolute atomic E-state index is 0.122. The standard InChI is InChI=1S/C19H23N3O3/c23-17-7-9-20-12-19(17)8-4-10-22(13-19)18(24)15-11-16(25-21-15)14-5-2-1-3-6-14/h1-3,5-6,11,17,20,23H,4,7-10,12-13H2/t17-,19-/m0/s1. The zero-order chi connectivity index (χ0) is 17.3. The molecule has 1 aromatic heterocycles. The molecule has 2 fully saturated rings. The molecule has 2 aliphatic rings. The molecule has 0 saturated carbocycles. The Labute approximate surface area is 146 Å². The van der Waals surface area contributed by atoms with E-state index in [9.17, 15) is 9.90 Å². The predicted octanol–water partition coefficient (Wildman–Crippen LogP) is 1.92. The molecule has 132 valence electrons. The van der Waals surface area contributed by atoms with Gasteiger partial charge in [-0.1, -0.05) is 35.5 Å². The SMILES string of the molecule is O=C(c1cc(-c2ccccc2)on1)N1CCC[C@]2(CNCC[C@@H]2O)C1. The van der Waals surface area contributed by atoms with Gasteiger partial charge in [-0.25, -0.2) is 0 Å². The van der Waals surface area contributed by atoms with E-state index in [2.05, 4.69) is 10.5 Å². The molecule has 2 N–H and O–H groups in total. The van der Waals surface area contributed by atoms with Crippen LogP contribution in [-0.2, 0) is 0 Å². The zero-order valence-electron chi connectivity index (χ0n) is 14.1. The number of likely N-dealkylation sites (tertiary alicyclic amines) is 1. The summed E-state index contributed by atoms with van der Waals surface area (Å²) < 4.78 is 5.36. The maximum absolute atomic E-state index is 12.9. The highest BCUT2D eigenvalue weighted by Gasteiger charge is 2.44. The predicted molar refractivity (Wildman–Crippen MR) is 93.0 cm³/mol. The Morgan fingerprint density at radius 1 is 1.36 bits per heavy atom. The normalized spacial score (nSPS) is 26.8. The van der Waals surface area contributed by atoms with Crippen molar-refractivity contribution in [1.29, 1.82) is 0 Å². The molecule has 0 radical (unpaired) electrons. The number of benzene rings is 1. The Morgan fingerprint density at radius 3 is 3.00 bits per heavy atom. The van der Waals surface area contributed by atoms with Gasteiger partial charge in [0.25, 0.3) is 5.91 Å². The lowest BCUT2D eigenvalue weighted by molar-refractivity contribution is -0.0434. The Morgan fingerprint density at radius 2 is 2.20 bits per heavy atom. The second-order valence-corrected chi connectivity index (χ2v) is 7.12.